The minimum atomic E-state index is -4.25. The zero-order valence-electron chi connectivity index (χ0n) is 18.9. The Hall–Kier alpha value is -2.03. The van der Waals surface area contributed by atoms with Crippen molar-refractivity contribution in [1.82, 2.24) is 4.72 Å². The van der Waals surface area contributed by atoms with Gasteiger partial charge in [0.05, 0.1) is 11.7 Å². The lowest BCUT2D eigenvalue weighted by atomic mass is 9.99. The third-order valence-electron chi connectivity index (χ3n) is 5.42. The average Bonchev–Trinajstić information content (AvgIpc) is 2.76. The van der Waals surface area contributed by atoms with E-state index in [1.807, 2.05) is 30.3 Å². The van der Waals surface area contributed by atoms with Crippen molar-refractivity contribution in [3.05, 3.63) is 71.3 Å². The first-order chi connectivity index (χ1) is 15.4. The van der Waals surface area contributed by atoms with Gasteiger partial charge in [0.15, 0.2) is 0 Å². The van der Waals surface area contributed by atoms with Gasteiger partial charge in [0.25, 0.3) is 0 Å². The van der Waals surface area contributed by atoms with Gasteiger partial charge in [-0.15, -0.1) is 0 Å². The van der Waals surface area contributed by atoms with Crippen LogP contribution in [0.15, 0.2) is 54.6 Å². The van der Waals surface area contributed by atoms with Crippen molar-refractivity contribution in [2.45, 2.75) is 44.9 Å². The minimum absolute atomic E-state index is 0.202. The number of aryl methyl sites for hydroxylation is 1. The SMILES string of the molecule is CC(C)[C@H](NS(=O)(=O)CCCc1ccccc1)P(=O)(O)C[C@H](C(=O)O)c1cccc(CN)c1. The Labute approximate surface area is 195 Å². The molecular weight excluding hydrogens is 463 g/mol. The molecule has 2 aromatic rings. The van der Waals surface area contributed by atoms with E-state index in [1.54, 1.807) is 38.1 Å². The molecule has 0 bridgehead atoms. The van der Waals surface area contributed by atoms with Crippen molar-refractivity contribution < 1.29 is 27.8 Å². The highest BCUT2D eigenvalue weighted by Crippen LogP contribution is 2.51. The van der Waals surface area contributed by atoms with Crippen molar-refractivity contribution in [2.24, 2.45) is 11.7 Å². The highest BCUT2D eigenvalue weighted by molar-refractivity contribution is 7.89. The molecule has 2 aromatic carbocycles. The summed E-state index contributed by atoms with van der Waals surface area (Å²) in [5.74, 6) is -4.54. The quantitative estimate of drug-likeness (QED) is 0.312. The summed E-state index contributed by atoms with van der Waals surface area (Å²) in [6.07, 6.45) is 0.318. The number of carboxylic acids is 1. The van der Waals surface area contributed by atoms with Crippen LogP contribution in [0, 0.1) is 5.92 Å². The number of hydrogen-bond acceptors (Lipinski definition) is 5. The van der Waals surface area contributed by atoms with E-state index in [1.165, 1.54) is 0 Å². The first-order valence-electron chi connectivity index (χ1n) is 10.8. The molecule has 8 nitrogen and oxygen atoms in total. The smallest absolute Gasteiger partial charge is 0.311 e. The second-order valence-corrected chi connectivity index (χ2v) is 12.8. The Kier molecular flexibility index (Phi) is 9.82. The van der Waals surface area contributed by atoms with Crippen LogP contribution >= 0.6 is 7.37 Å². The predicted octanol–water partition coefficient (Wildman–Crippen LogP) is 3.12. The molecule has 0 heterocycles. The lowest BCUT2D eigenvalue weighted by Crippen LogP contribution is -2.41. The molecule has 0 saturated carbocycles. The molecule has 10 heteroatoms. The molecule has 0 aromatic heterocycles. The number of rotatable bonds is 13. The molecule has 1 unspecified atom stereocenters. The summed E-state index contributed by atoms with van der Waals surface area (Å²) in [7, 11) is -8.10. The molecule has 3 atom stereocenters. The molecule has 0 aliphatic rings. The van der Waals surface area contributed by atoms with E-state index < -0.39 is 47.1 Å². The number of sulfonamides is 1. The van der Waals surface area contributed by atoms with Crippen LogP contribution < -0.4 is 10.5 Å². The van der Waals surface area contributed by atoms with E-state index in [0.29, 0.717) is 24.0 Å². The maximum atomic E-state index is 13.3. The fourth-order valence-electron chi connectivity index (χ4n) is 3.68. The van der Waals surface area contributed by atoms with Gasteiger partial charge < -0.3 is 15.7 Å². The largest absolute Gasteiger partial charge is 0.481 e. The van der Waals surface area contributed by atoms with Gasteiger partial charge in [-0.25, -0.2) is 13.1 Å². The van der Waals surface area contributed by atoms with Crippen LogP contribution in [0.2, 0.25) is 0 Å². The van der Waals surface area contributed by atoms with Crippen LogP contribution in [-0.2, 0) is 32.3 Å². The van der Waals surface area contributed by atoms with Crippen molar-refractivity contribution in [2.75, 3.05) is 11.9 Å². The van der Waals surface area contributed by atoms with Crippen LogP contribution in [0.3, 0.4) is 0 Å². The number of nitrogens with one attached hydrogen (secondary N) is 1. The fourth-order valence-corrected chi connectivity index (χ4v) is 8.15. The summed E-state index contributed by atoms with van der Waals surface area (Å²) in [5, 5.41) is 9.73. The van der Waals surface area contributed by atoms with Crippen LogP contribution in [0.25, 0.3) is 0 Å². The Balaban J connectivity index is 2.15. The molecule has 182 valence electrons. The van der Waals surface area contributed by atoms with Crippen molar-refractivity contribution in [3.8, 4) is 0 Å². The monoisotopic (exact) mass is 496 g/mol. The molecule has 0 aliphatic heterocycles. The summed E-state index contributed by atoms with van der Waals surface area (Å²) in [5.41, 5.74) is 7.69. The zero-order chi connectivity index (χ0) is 24.6. The van der Waals surface area contributed by atoms with Crippen molar-refractivity contribution >= 4 is 23.4 Å². The number of nitrogens with two attached hydrogens (primary N) is 1. The normalized spacial score (nSPS) is 15.7. The van der Waals surface area contributed by atoms with Gasteiger partial charge in [-0.3, -0.25) is 9.36 Å². The number of benzene rings is 2. The molecule has 33 heavy (non-hydrogen) atoms. The van der Waals surface area contributed by atoms with E-state index in [9.17, 15) is 27.8 Å². The molecule has 0 radical (unpaired) electrons. The summed E-state index contributed by atoms with van der Waals surface area (Å²) >= 11 is 0. The van der Waals surface area contributed by atoms with Gasteiger partial charge in [0.2, 0.25) is 17.4 Å². The lowest BCUT2D eigenvalue weighted by molar-refractivity contribution is -0.138. The first-order valence-corrected chi connectivity index (χ1v) is 14.4. The molecular formula is C23H33N2O6PS. The number of hydrogen-bond donors (Lipinski definition) is 4. The van der Waals surface area contributed by atoms with Crippen LogP contribution in [0.4, 0.5) is 0 Å². The van der Waals surface area contributed by atoms with E-state index in [-0.39, 0.29) is 12.3 Å². The average molecular weight is 497 g/mol. The molecule has 5 N–H and O–H groups in total. The van der Waals surface area contributed by atoms with E-state index in [4.69, 9.17) is 5.73 Å². The van der Waals surface area contributed by atoms with Gasteiger partial charge >= 0.3 is 5.97 Å². The van der Waals surface area contributed by atoms with E-state index in [0.717, 1.165) is 5.56 Å². The molecule has 0 amide bonds. The Morgan fingerprint density at radius 3 is 2.30 bits per heavy atom. The summed E-state index contributed by atoms with van der Waals surface area (Å²) in [6.45, 7) is 3.46. The second-order valence-electron chi connectivity index (χ2n) is 8.49. The highest BCUT2D eigenvalue weighted by atomic mass is 32.2. The molecule has 0 spiro atoms. The third kappa shape index (κ3) is 8.36. The van der Waals surface area contributed by atoms with Crippen LogP contribution in [-0.4, -0.2) is 42.1 Å². The van der Waals surface area contributed by atoms with Crippen LogP contribution in [0.1, 0.15) is 42.9 Å². The highest BCUT2D eigenvalue weighted by Gasteiger charge is 2.40. The standard InChI is InChI=1S/C23H33N2O6PS/c1-17(2)22(25-33(30,31)13-7-11-18-8-4-3-5-9-18)32(28,29)16-21(23(26)27)20-12-6-10-19(14-20)15-24/h3-6,8-10,12,14,17,21-22,25H,7,11,13,15-16,24H2,1-2H3,(H,26,27)(H,28,29)/t21-,22+/m0/s1. The van der Waals surface area contributed by atoms with E-state index >= 15 is 0 Å². The van der Waals surface area contributed by atoms with Crippen LogP contribution in [0.5, 0.6) is 0 Å². The summed E-state index contributed by atoms with van der Waals surface area (Å²) in [6, 6.07) is 16.0. The third-order valence-corrected chi connectivity index (χ3v) is 9.52. The second kappa shape index (κ2) is 11.9. The topological polar surface area (TPSA) is 147 Å². The number of carbonyl (C=O) groups is 1. The predicted molar refractivity (Wildman–Crippen MR) is 130 cm³/mol. The first kappa shape index (κ1) is 27.2. The van der Waals surface area contributed by atoms with E-state index in [2.05, 4.69) is 4.72 Å². The Morgan fingerprint density at radius 2 is 1.73 bits per heavy atom. The minimum Gasteiger partial charge on any atom is -0.481 e. The molecule has 0 aliphatic carbocycles. The molecule has 0 saturated heterocycles. The Bertz CT molecular complexity index is 1080. The Morgan fingerprint density at radius 1 is 1.09 bits per heavy atom. The zero-order valence-corrected chi connectivity index (χ0v) is 20.6. The van der Waals surface area contributed by atoms with Gasteiger partial charge in [-0.05, 0) is 35.4 Å². The van der Waals surface area contributed by atoms with Crippen molar-refractivity contribution in [1.29, 1.82) is 0 Å². The summed E-state index contributed by atoms with van der Waals surface area (Å²) < 4.78 is 41.1. The maximum Gasteiger partial charge on any atom is 0.311 e. The van der Waals surface area contributed by atoms with Gasteiger partial charge in [0.1, 0.15) is 5.78 Å². The fraction of sp³-hybridized carbons (Fsp3) is 0.435. The summed E-state index contributed by atoms with van der Waals surface area (Å²) in [4.78, 5) is 22.8. The molecule has 0 fully saturated rings. The molecule has 2 rings (SSSR count). The number of carboxylic acid groups (broad SMARTS) is 1. The van der Waals surface area contributed by atoms with Gasteiger partial charge in [0, 0.05) is 12.7 Å². The van der Waals surface area contributed by atoms with Gasteiger partial charge in [-0.2, -0.15) is 0 Å². The van der Waals surface area contributed by atoms with Crippen molar-refractivity contribution in [3.63, 3.8) is 0 Å². The lowest BCUT2D eigenvalue weighted by Gasteiger charge is -2.29. The maximum absolute atomic E-state index is 13.3. The van der Waals surface area contributed by atoms with Gasteiger partial charge in [-0.1, -0.05) is 68.4 Å². The number of aliphatic carboxylic acids is 1.